The van der Waals surface area contributed by atoms with E-state index in [9.17, 15) is 0 Å². The maximum Gasteiger partial charge on any atom is 0.119 e. The van der Waals surface area contributed by atoms with Gasteiger partial charge < -0.3 is 15.6 Å². The lowest BCUT2D eigenvalue weighted by atomic mass is 10.2. The molecule has 3 heteroatoms. The first-order valence-corrected chi connectivity index (χ1v) is 7.49. The van der Waals surface area contributed by atoms with Crippen molar-refractivity contribution in [1.82, 2.24) is 0 Å². The fourth-order valence-corrected chi connectivity index (χ4v) is 1.72. The normalized spacial score (nSPS) is 8.71. The van der Waals surface area contributed by atoms with Crippen LogP contribution in [0.15, 0.2) is 48.5 Å². The lowest BCUT2D eigenvalue weighted by Crippen LogP contribution is -1.99. The molecule has 0 aliphatic carbocycles. The fourth-order valence-electron chi connectivity index (χ4n) is 1.72. The highest BCUT2D eigenvalue weighted by atomic mass is 16.5. The van der Waals surface area contributed by atoms with Gasteiger partial charge in [-0.1, -0.05) is 11.8 Å². The molecule has 0 spiro atoms. The molecule has 0 saturated carbocycles. The fraction of sp³-hybridized carbons (Fsp3) is 0.143. The maximum absolute atomic E-state index is 8.70. The monoisotopic (exact) mass is 315 g/mol. The number of nitrogen functional groups attached to an aromatic ring is 1. The van der Waals surface area contributed by atoms with Crippen molar-refractivity contribution in [1.29, 1.82) is 0 Å². The van der Waals surface area contributed by atoms with E-state index in [0.717, 1.165) is 16.9 Å². The van der Waals surface area contributed by atoms with Gasteiger partial charge in [-0.3, -0.25) is 0 Å². The van der Waals surface area contributed by atoms with Gasteiger partial charge in [-0.05, 0) is 72.2 Å². The summed E-state index contributed by atoms with van der Waals surface area (Å²) >= 11 is 0. The smallest absolute Gasteiger partial charge is 0.119 e. The molecule has 0 bridgehead atoms. The van der Waals surface area contributed by atoms with Gasteiger partial charge in [0.25, 0.3) is 0 Å². The van der Waals surface area contributed by atoms with Crippen LogP contribution in [-0.2, 0) is 0 Å². The average Bonchev–Trinajstić information content (AvgIpc) is 2.61. The Morgan fingerprint density at radius 2 is 1.33 bits per heavy atom. The van der Waals surface area contributed by atoms with Crippen molar-refractivity contribution in [3.8, 4) is 41.3 Å². The number of anilines is 1. The third-order valence-electron chi connectivity index (χ3n) is 2.94. The number of aliphatic hydroxyl groups excluding tert-OH is 1. The van der Waals surface area contributed by atoms with Gasteiger partial charge in [0.1, 0.15) is 5.75 Å². The number of benzene rings is 2. The van der Waals surface area contributed by atoms with E-state index in [1.807, 2.05) is 36.4 Å². The second-order valence-electron chi connectivity index (χ2n) is 4.82. The molecule has 0 radical (unpaired) electrons. The van der Waals surface area contributed by atoms with Gasteiger partial charge in [0.05, 0.1) is 6.61 Å². The third kappa shape index (κ3) is 6.20. The van der Waals surface area contributed by atoms with Gasteiger partial charge in [0.2, 0.25) is 0 Å². The van der Waals surface area contributed by atoms with E-state index < -0.39 is 0 Å². The number of hydrogen-bond donors (Lipinski definition) is 2. The first-order valence-electron chi connectivity index (χ1n) is 7.49. The highest BCUT2D eigenvalue weighted by Gasteiger charge is 1.93. The Morgan fingerprint density at radius 1 is 0.792 bits per heavy atom. The van der Waals surface area contributed by atoms with Crippen LogP contribution in [0.1, 0.15) is 17.5 Å². The molecule has 0 aliphatic heterocycles. The van der Waals surface area contributed by atoms with Gasteiger partial charge >= 0.3 is 0 Å². The lowest BCUT2D eigenvalue weighted by Gasteiger charge is -2.04. The Bertz CT molecular complexity index is 833. The van der Waals surface area contributed by atoms with Crippen LogP contribution >= 0.6 is 0 Å². The second kappa shape index (κ2) is 9.65. The molecular formula is C21H17NO2. The minimum Gasteiger partial charge on any atom is -0.494 e. The summed E-state index contributed by atoms with van der Waals surface area (Å²) < 4.78 is 5.45. The van der Waals surface area contributed by atoms with Crippen molar-refractivity contribution in [3.05, 3.63) is 59.7 Å². The SMILES string of the molecule is Nc1ccc(C#CC#CC#Cc2ccc(OCCCO)cc2)cc1. The van der Waals surface area contributed by atoms with Gasteiger partial charge in [-0.2, -0.15) is 0 Å². The predicted molar refractivity (Wildman–Crippen MR) is 96.0 cm³/mol. The standard InChI is InChI=1S/C21H17NO2/c22-20-12-8-18(9-13-20)6-3-1-2-4-7-19-10-14-21(15-11-19)24-17-5-16-23/h8-15,23H,5,16-17,22H2. The Hall–Kier alpha value is -3.32. The summed E-state index contributed by atoms with van der Waals surface area (Å²) in [5, 5.41) is 8.70. The summed E-state index contributed by atoms with van der Waals surface area (Å²) in [7, 11) is 0. The van der Waals surface area contributed by atoms with E-state index in [1.54, 1.807) is 12.1 Å². The van der Waals surface area contributed by atoms with Crippen LogP contribution < -0.4 is 10.5 Å². The molecule has 0 heterocycles. The number of ether oxygens (including phenoxy) is 1. The molecule has 0 amide bonds. The molecule has 0 atom stereocenters. The predicted octanol–water partition coefficient (Wildman–Crippen LogP) is 2.44. The van der Waals surface area contributed by atoms with Crippen LogP contribution in [0.2, 0.25) is 0 Å². The van der Waals surface area contributed by atoms with Crippen LogP contribution in [0.25, 0.3) is 0 Å². The molecule has 3 N–H and O–H groups in total. The van der Waals surface area contributed by atoms with E-state index in [4.69, 9.17) is 15.6 Å². The summed E-state index contributed by atoms with van der Waals surface area (Å²) in [5.74, 6) is 17.5. The van der Waals surface area contributed by atoms with E-state index in [0.29, 0.717) is 18.7 Å². The van der Waals surface area contributed by atoms with Crippen molar-refractivity contribution in [2.24, 2.45) is 0 Å². The van der Waals surface area contributed by atoms with E-state index in [1.165, 1.54) is 0 Å². The third-order valence-corrected chi connectivity index (χ3v) is 2.94. The molecule has 0 fully saturated rings. The van der Waals surface area contributed by atoms with Gasteiger partial charge in [-0.25, -0.2) is 0 Å². The molecule has 0 aromatic heterocycles. The molecule has 2 aromatic rings. The largest absolute Gasteiger partial charge is 0.494 e. The number of hydrogen-bond acceptors (Lipinski definition) is 3. The Labute approximate surface area is 142 Å². The zero-order valence-electron chi connectivity index (χ0n) is 13.2. The topological polar surface area (TPSA) is 55.5 Å². The average molecular weight is 315 g/mol. The molecule has 0 unspecified atom stereocenters. The molecule has 2 rings (SSSR count). The van der Waals surface area contributed by atoms with Crippen LogP contribution in [0.5, 0.6) is 5.75 Å². The minimum absolute atomic E-state index is 0.128. The van der Waals surface area contributed by atoms with Crippen molar-refractivity contribution >= 4 is 5.69 Å². The molecule has 118 valence electrons. The lowest BCUT2D eigenvalue weighted by molar-refractivity contribution is 0.233. The van der Waals surface area contributed by atoms with Crippen LogP contribution in [-0.4, -0.2) is 18.3 Å². The molecule has 0 aliphatic rings. The van der Waals surface area contributed by atoms with Gasteiger partial charge in [0, 0.05) is 29.8 Å². The Morgan fingerprint density at radius 3 is 1.88 bits per heavy atom. The van der Waals surface area contributed by atoms with Crippen molar-refractivity contribution < 1.29 is 9.84 Å². The van der Waals surface area contributed by atoms with Crippen molar-refractivity contribution in [2.45, 2.75) is 6.42 Å². The van der Waals surface area contributed by atoms with Crippen molar-refractivity contribution in [2.75, 3.05) is 18.9 Å². The Balaban J connectivity index is 1.88. The van der Waals surface area contributed by atoms with E-state index in [-0.39, 0.29) is 6.61 Å². The van der Waals surface area contributed by atoms with E-state index in [2.05, 4.69) is 35.5 Å². The van der Waals surface area contributed by atoms with Crippen LogP contribution in [0.3, 0.4) is 0 Å². The number of rotatable bonds is 4. The summed E-state index contributed by atoms with van der Waals surface area (Å²) in [6, 6.07) is 14.7. The number of nitrogens with two attached hydrogens (primary N) is 1. The van der Waals surface area contributed by atoms with Crippen LogP contribution in [0.4, 0.5) is 5.69 Å². The molecule has 2 aromatic carbocycles. The zero-order valence-corrected chi connectivity index (χ0v) is 13.2. The summed E-state index contributed by atoms with van der Waals surface area (Å²) in [6.45, 7) is 0.628. The highest BCUT2D eigenvalue weighted by molar-refractivity contribution is 5.48. The van der Waals surface area contributed by atoms with E-state index >= 15 is 0 Å². The molecular weight excluding hydrogens is 298 g/mol. The second-order valence-corrected chi connectivity index (χ2v) is 4.82. The quantitative estimate of drug-likeness (QED) is 0.518. The maximum atomic E-state index is 8.70. The van der Waals surface area contributed by atoms with Crippen LogP contribution in [0, 0.1) is 35.5 Å². The summed E-state index contributed by atoms with van der Waals surface area (Å²) in [6.07, 6.45) is 0.620. The first-order chi connectivity index (χ1) is 11.8. The zero-order chi connectivity index (χ0) is 17.0. The number of aliphatic hydroxyl groups is 1. The first kappa shape index (κ1) is 17.0. The van der Waals surface area contributed by atoms with Crippen molar-refractivity contribution in [3.63, 3.8) is 0 Å². The van der Waals surface area contributed by atoms with Gasteiger partial charge in [0.15, 0.2) is 0 Å². The summed E-state index contributed by atoms with van der Waals surface area (Å²) in [5.41, 5.74) is 8.03. The Kier molecular flexibility index (Phi) is 6.85. The minimum atomic E-state index is 0.128. The molecule has 24 heavy (non-hydrogen) atoms. The molecule has 3 nitrogen and oxygen atoms in total. The molecule has 0 saturated heterocycles. The summed E-state index contributed by atoms with van der Waals surface area (Å²) in [4.78, 5) is 0. The highest BCUT2D eigenvalue weighted by Crippen LogP contribution is 2.11. The van der Waals surface area contributed by atoms with Gasteiger partial charge in [-0.15, -0.1) is 0 Å².